The topological polar surface area (TPSA) is 32.1 Å². The van der Waals surface area contributed by atoms with Gasteiger partial charge in [-0.25, -0.2) is 0 Å². The molecule has 2 saturated carbocycles. The van der Waals surface area contributed by atoms with E-state index >= 15 is 0 Å². The SMILES string of the molecule is O=C1N/[N+](=C\c2cccs2)[C@H]2C1[C@@H]1CC[C@H]2C1. The summed E-state index contributed by atoms with van der Waals surface area (Å²) in [6.07, 6.45) is 5.92. The number of thiophene rings is 1. The molecule has 1 N–H and O–H groups in total. The van der Waals surface area contributed by atoms with Gasteiger partial charge < -0.3 is 0 Å². The lowest BCUT2D eigenvalue weighted by Gasteiger charge is -2.16. The van der Waals surface area contributed by atoms with Gasteiger partial charge in [0.05, 0.1) is 4.88 Å². The largest absolute Gasteiger partial charge is 0.284 e. The van der Waals surface area contributed by atoms with Crippen molar-refractivity contribution in [3.8, 4) is 0 Å². The Bertz CT molecular complexity index is 494. The van der Waals surface area contributed by atoms with Crippen LogP contribution < -0.4 is 5.43 Å². The maximum absolute atomic E-state index is 12.0. The van der Waals surface area contributed by atoms with Crippen LogP contribution >= 0.6 is 11.3 Å². The summed E-state index contributed by atoms with van der Waals surface area (Å²) in [6, 6.07) is 4.56. The Labute approximate surface area is 104 Å². The van der Waals surface area contributed by atoms with Gasteiger partial charge in [-0.15, -0.1) is 21.4 Å². The smallest absolute Gasteiger partial charge is 0.269 e. The summed E-state index contributed by atoms with van der Waals surface area (Å²) in [6.45, 7) is 0. The van der Waals surface area contributed by atoms with Gasteiger partial charge in [-0.05, 0) is 36.6 Å². The number of hydrogen-bond donors (Lipinski definition) is 1. The number of amides is 1. The molecule has 88 valence electrons. The highest BCUT2D eigenvalue weighted by Gasteiger charge is 2.61. The maximum atomic E-state index is 12.0. The fourth-order valence-corrected chi connectivity index (χ4v) is 4.57. The minimum atomic E-state index is 0.245. The molecular weight excluding hydrogens is 232 g/mol. The monoisotopic (exact) mass is 247 g/mol. The number of carbonyl (C=O) groups is 1. The molecular formula is C13H15N2OS+. The van der Waals surface area contributed by atoms with E-state index in [1.165, 1.54) is 24.1 Å². The fourth-order valence-electron chi connectivity index (χ4n) is 3.93. The molecule has 3 aliphatic rings. The Balaban J connectivity index is 1.72. The summed E-state index contributed by atoms with van der Waals surface area (Å²) in [7, 11) is 0. The number of carbonyl (C=O) groups excluding carboxylic acids is 1. The van der Waals surface area contributed by atoms with Crippen molar-refractivity contribution < 1.29 is 9.48 Å². The first-order chi connectivity index (χ1) is 8.33. The molecule has 0 radical (unpaired) electrons. The van der Waals surface area contributed by atoms with Crippen LogP contribution in [0.3, 0.4) is 0 Å². The number of nitrogens with one attached hydrogen (secondary N) is 1. The predicted molar refractivity (Wildman–Crippen MR) is 66.0 cm³/mol. The van der Waals surface area contributed by atoms with Crippen molar-refractivity contribution in [3.05, 3.63) is 22.4 Å². The number of hydrazone groups is 1. The van der Waals surface area contributed by atoms with Gasteiger partial charge in [0.25, 0.3) is 5.91 Å². The quantitative estimate of drug-likeness (QED) is 0.752. The Morgan fingerprint density at radius 2 is 2.29 bits per heavy atom. The van der Waals surface area contributed by atoms with Crippen LogP contribution in [0.5, 0.6) is 0 Å². The first kappa shape index (κ1) is 9.83. The molecule has 4 rings (SSSR count). The van der Waals surface area contributed by atoms with Crippen molar-refractivity contribution in [2.75, 3.05) is 0 Å². The highest BCUT2D eigenvalue weighted by molar-refractivity contribution is 7.11. The summed E-state index contributed by atoms with van der Waals surface area (Å²) in [4.78, 5) is 13.2. The van der Waals surface area contributed by atoms with Crippen LogP contribution in [0.25, 0.3) is 0 Å². The highest BCUT2D eigenvalue weighted by Crippen LogP contribution is 2.51. The van der Waals surface area contributed by atoms with Crippen molar-refractivity contribution in [1.29, 1.82) is 0 Å². The molecule has 1 saturated heterocycles. The first-order valence-corrected chi connectivity index (χ1v) is 7.18. The van der Waals surface area contributed by atoms with Crippen LogP contribution in [-0.2, 0) is 4.79 Å². The molecule has 4 atom stereocenters. The molecule has 1 unspecified atom stereocenters. The standard InChI is InChI=1S/C13H14N2OS/c16-13-11-8-3-4-9(6-8)12(11)15(14-13)7-10-2-1-5-17-10/h1-2,5,7-9,11-12H,3-4,6H2/p+1/b15-7-/t8-,9+,11?,12-/m1/s1. The van der Waals surface area contributed by atoms with E-state index in [9.17, 15) is 4.79 Å². The normalized spacial score (nSPS) is 40.9. The molecule has 3 fully saturated rings. The van der Waals surface area contributed by atoms with Gasteiger partial charge in [0, 0.05) is 5.92 Å². The number of hydrazine groups is 1. The lowest BCUT2D eigenvalue weighted by atomic mass is 9.85. The van der Waals surface area contributed by atoms with E-state index in [4.69, 9.17) is 0 Å². The molecule has 4 heteroatoms. The van der Waals surface area contributed by atoms with Crippen LogP contribution in [0.1, 0.15) is 24.1 Å². The van der Waals surface area contributed by atoms with Crippen LogP contribution in [0, 0.1) is 17.8 Å². The second-order valence-corrected chi connectivity index (χ2v) is 6.36. The summed E-state index contributed by atoms with van der Waals surface area (Å²) in [5.74, 6) is 1.87. The van der Waals surface area contributed by atoms with E-state index in [1.807, 2.05) is 6.07 Å². The lowest BCUT2D eigenvalue weighted by Crippen LogP contribution is -2.34. The minimum absolute atomic E-state index is 0.245. The van der Waals surface area contributed by atoms with E-state index in [2.05, 4.69) is 27.8 Å². The third kappa shape index (κ3) is 1.33. The maximum Gasteiger partial charge on any atom is 0.284 e. The lowest BCUT2D eigenvalue weighted by molar-refractivity contribution is -0.598. The van der Waals surface area contributed by atoms with E-state index < -0.39 is 0 Å². The summed E-state index contributed by atoms with van der Waals surface area (Å²) < 4.78 is 2.09. The van der Waals surface area contributed by atoms with Crippen LogP contribution in [0.4, 0.5) is 0 Å². The number of rotatable bonds is 1. The summed E-state index contributed by atoms with van der Waals surface area (Å²) in [5, 5.41) is 2.07. The van der Waals surface area contributed by atoms with Gasteiger partial charge in [0.2, 0.25) is 6.21 Å². The third-order valence-electron chi connectivity index (χ3n) is 4.55. The average Bonchev–Trinajstić information content (AvgIpc) is 3.04. The Kier molecular flexibility index (Phi) is 1.98. The molecule has 0 spiro atoms. The third-order valence-corrected chi connectivity index (χ3v) is 5.35. The summed E-state index contributed by atoms with van der Waals surface area (Å²) in [5.41, 5.74) is 3.04. The van der Waals surface area contributed by atoms with Gasteiger partial charge in [0.15, 0.2) is 6.04 Å². The molecule has 0 aromatic carbocycles. The summed E-state index contributed by atoms with van der Waals surface area (Å²) >= 11 is 1.72. The first-order valence-electron chi connectivity index (χ1n) is 6.30. The molecule has 2 heterocycles. The fraction of sp³-hybridized carbons (Fsp3) is 0.538. The van der Waals surface area contributed by atoms with Crippen molar-refractivity contribution in [2.45, 2.75) is 25.3 Å². The molecule has 2 aliphatic carbocycles. The van der Waals surface area contributed by atoms with Crippen LogP contribution in [0.15, 0.2) is 17.5 Å². The molecule has 1 aliphatic heterocycles. The van der Waals surface area contributed by atoms with Gasteiger partial charge in [-0.1, -0.05) is 6.07 Å². The Morgan fingerprint density at radius 1 is 1.41 bits per heavy atom. The van der Waals surface area contributed by atoms with Crippen LogP contribution in [-0.4, -0.2) is 22.8 Å². The molecule has 3 nitrogen and oxygen atoms in total. The highest BCUT2D eigenvalue weighted by atomic mass is 32.1. The average molecular weight is 247 g/mol. The molecule has 17 heavy (non-hydrogen) atoms. The van der Waals surface area contributed by atoms with E-state index in [-0.39, 0.29) is 11.8 Å². The van der Waals surface area contributed by atoms with Gasteiger partial charge >= 0.3 is 0 Å². The van der Waals surface area contributed by atoms with Crippen LogP contribution in [0.2, 0.25) is 0 Å². The van der Waals surface area contributed by atoms with Crippen molar-refractivity contribution in [2.24, 2.45) is 17.8 Å². The van der Waals surface area contributed by atoms with Crippen molar-refractivity contribution in [1.82, 2.24) is 5.43 Å². The zero-order valence-corrected chi connectivity index (χ0v) is 10.3. The Morgan fingerprint density at radius 3 is 3.12 bits per heavy atom. The van der Waals surface area contributed by atoms with Gasteiger partial charge in [0.1, 0.15) is 5.92 Å². The van der Waals surface area contributed by atoms with E-state index in [0.717, 1.165) is 5.92 Å². The molecule has 1 aromatic rings. The second-order valence-electron chi connectivity index (χ2n) is 5.38. The number of nitrogens with zero attached hydrogens (tertiary/aromatic N) is 1. The molecule has 2 bridgehead atoms. The zero-order chi connectivity index (χ0) is 11.4. The molecule has 1 aromatic heterocycles. The predicted octanol–water partition coefficient (Wildman–Crippen LogP) is 1.64. The minimum Gasteiger partial charge on any atom is -0.269 e. The van der Waals surface area contributed by atoms with Crippen molar-refractivity contribution >= 4 is 23.5 Å². The van der Waals surface area contributed by atoms with Crippen molar-refractivity contribution in [3.63, 3.8) is 0 Å². The zero-order valence-electron chi connectivity index (χ0n) is 9.50. The Hall–Kier alpha value is -1.16. The van der Waals surface area contributed by atoms with E-state index in [1.54, 1.807) is 11.3 Å². The second kappa shape index (κ2) is 3.42. The van der Waals surface area contributed by atoms with Gasteiger partial charge in [-0.2, -0.15) is 0 Å². The van der Waals surface area contributed by atoms with E-state index in [0.29, 0.717) is 12.0 Å². The number of hydrogen-bond acceptors (Lipinski definition) is 2. The molecule has 1 amide bonds. The van der Waals surface area contributed by atoms with Gasteiger partial charge in [-0.3, -0.25) is 4.79 Å². The number of fused-ring (bicyclic) bond motifs is 5.